The van der Waals surface area contributed by atoms with E-state index in [2.05, 4.69) is 31.7 Å². The topological polar surface area (TPSA) is 47.7 Å². The fraction of sp³-hybridized carbons (Fsp3) is 0.625. The molecule has 4 heteroatoms. The third kappa shape index (κ3) is 3.87. The average molecular weight is 280 g/mol. The highest BCUT2D eigenvalue weighted by Gasteiger charge is 2.23. The van der Waals surface area contributed by atoms with Gasteiger partial charge in [0, 0.05) is 18.7 Å². The molecule has 0 aliphatic carbocycles. The van der Waals surface area contributed by atoms with Crippen molar-refractivity contribution in [3.63, 3.8) is 0 Å². The molecule has 0 heterocycles. The lowest BCUT2D eigenvalue weighted by Gasteiger charge is -2.32. The number of para-hydroxylation sites is 1. The molecule has 1 unspecified atom stereocenters. The summed E-state index contributed by atoms with van der Waals surface area (Å²) in [5.74, 6) is 2.14. The summed E-state index contributed by atoms with van der Waals surface area (Å²) in [7, 11) is 3.33. The molecule has 0 spiro atoms. The molecule has 0 aromatic heterocycles. The molecule has 0 radical (unpaired) electrons. The lowest BCUT2D eigenvalue weighted by molar-refractivity contribution is 0.185. The molecule has 2 N–H and O–H groups in total. The maximum atomic E-state index is 6.03. The average Bonchev–Trinajstić information content (AvgIpc) is 2.45. The van der Waals surface area contributed by atoms with E-state index in [9.17, 15) is 0 Å². The molecule has 0 saturated heterocycles. The van der Waals surface area contributed by atoms with Gasteiger partial charge in [-0.25, -0.2) is 0 Å². The number of hydrogen-bond donors (Lipinski definition) is 1. The van der Waals surface area contributed by atoms with Gasteiger partial charge in [-0.15, -0.1) is 0 Å². The molecule has 1 aromatic carbocycles. The summed E-state index contributed by atoms with van der Waals surface area (Å²) in [6.07, 6.45) is 0. The van der Waals surface area contributed by atoms with Crippen molar-refractivity contribution in [3.05, 3.63) is 23.8 Å². The van der Waals surface area contributed by atoms with E-state index in [1.807, 2.05) is 12.1 Å². The minimum absolute atomic E-state index is 0.146. The predicted octanol–water partition coefficient (Wildman–Crippen LogP) is 2.68. The van der Waals surface area contributed by atoms with E-state index in [0.29, 0.717) is 12.5 Å². The van der Waals surface area contributed by atoms with Crippen molar-refractivity contribution in [1.29, 1.82) is 0 Å². The molecule has 1 rings (SSSR count). The van der Waals surface area contributed by atoms with Gasteiger partial charge in [-0.1, -0.05) is 32.9 Å². The van der Waals surface area contributed by atoms with E-state index in [0.717, 1.165) is 30.2 Å². The first kappa shape index (κ1) is 16.8. The third-order valence-electron chi connectivity index (χ3n) is 3.46. The van der Waals surface area contributed by atoms with Gasteiger partial charge in [-0.2, -0.15) is 0 Å². The number of nitrogens with zero attached hydrogens (tertiary/aromatic N) is 1. The Bertz CT molecular complexity index is 407. The zero-order valence-electron chi connectivity index (χ0n) is 13.3. The normalized spacial score (nSPS) is 12.8. The summed E-state index contributed by atoms with van der Waals surface area (Å²) < 4.78 is 10.9. The Kier molecular flexibility index (Phi) is 6.82. The summed E-state index contributed by atoms with van der Waals surface area (Å²) in [6, 6.07) is 6.12. The van der Waals surface area contributed by atoms with Gasteiger partial charge in [0.2, 0.25) is 0 Å². The molecule has 20 heavy (non-hydrogen) atoms. The third-order valence-corrected chi connectivity index (χ3v) is 3.46. The quantitative estimate of drug-likeness (QED) is 0.795. The fourth-order valence-corrected chi connectivity index (χ4v) is 2.59. The Labute approximate surface area is 122 Å². The Balaban J connectivity index is 3.16. The number of nitrogens with two attached hydrogens (primary N) is 1. The summed E-state index contributed by atoms with van der Waals surface area (Å²) in [5.41, 5.74) is 7.13. The summed E-state index contributed by atoms with van der Waals surface area (Å²) >= 11 is 0. The maximum Gasteiger partial charge on any atom is 0.165 e. The molecule has 0 aliphatic heterocycles. The van der Waals surface area contributed by atoms with Gasteiger partial charge in [-0.05, 0) is 18.5 Å². The van der Waals surface area contributed by atoms with Crippen LogP contribution in [-0.2, 0) is 0 Å². The molecule has 1 aromatic rings. The molecule has 0 fully saturated rings. The van der Waals surface area contributed by atoms with Crippen LogP contribution in [0.1, 0.15) is 32.4 Å². The van der Waals surface area contributed by atoms with Crippen LogP contribution in [0.3, 0.4) is 0 Å². The van der Waals surface area contributed by atoms with Crippen LogP contribution < -0.4 is 15.2 Å². The van der Waals surface area contributed by atoms with Crippen molar-refractivity contribution in [2.24, 2.45) is 11.7 Å². The fourth-order valence-electron chi connectivity index (χ4n) is 2.59. The summed E-state index contributed by atoms with van der Waals surface area (Å²) in [5, 5.41) is 0. The Morgan fingerprint density at radius 1 is 1.20 bits per heavy atom. The Morgan fingerprint density at radius 2 is 1.90 bits per heavy atom. The molecular formula is C16H28N2O2. The van der Waals surface area contributed by atoms with Crippen LogP contribution in [0.5, 0.6) is 11.5 Å². The van der Waals surface area contributed by atoms with Crippen LogP contribution in [-0.4, -0.2) is 38.8 Å². The summed E-state index contributed by atoms with van der Waals surface area (Å²) in [6.45, 7) is 9.14. The molecule has 0 amide bonds. The first-order valence-corrected chi connectivity index (χ1v) is 7.23. The zero-order chi connectivity index (χ0) is 15.1. The second-order valence-corrected chi connectivity index (χ2v) is 5.32. The second-order valence-electron chi connectivity index (χ2n) is 5.32. The van der Waals surface area contributed by atoms with E-state index in [1.165, 1.54) is 0 Å². The number of hydrogen-bond acceptors (Lipinski definition) is 4. The zero-order valence-corrected chi connectivity index (χ0v) is 13.3. The highest BCUT2D eigenvalue weighted by atomic mass is 16.5. The molecule has 0 saturated carbocycles. The lowest BCUT2D eigenvalue weighted by atomic mass is 10.0. The van der Waals surface area contributed by atoms with Gasteiger partial charge >= 0.3 is 0 Å². The van der Waals surface area contributed by atoms with E-state index in [-0.39, 0.29) is 6.04 Å². The number of methoxy groups -OCH3 is 2. The summed E-state index contributed by atoms with van der Waals surface area (Å²) in [4.78, 5) is 2.39. The molecule has 114 valence electrons. The predicted molar refractivity (Wildman–Crippen MR) is 83.4 cm³/mol. The van der Waals surface area contributed by atoms with Crippen molar-refractivity contribution in [3.8, 4) is 11.5 Å². The van der Waals surface area contributed by atoms with Crippen LogP contribution in [0.25, 0.3) is 0 Å². The second kappa shape index (κ2) is 8.12. The first-order chi connectivity index (χ1) is 9.58. The lowest BCUT2D eigenvalue weighted by Crippen LogP contribution is -2.36. The van der Waals surface area contributed by atoms with Gasteiger partial charge in [0.15, 0.2) is 11.5 Å². The number of rotatable bonds is 8. The van der Waals surface area contributed by atoms with Gasteiger partial charge < -0.3 is 15.2 Å². The van der Waals surface area contributed by atoms with E-state index < -0.39 is 0 Å². The first-order valence-electron chi connectivity index (χ1n) is 7.23. The van der Waals surface area contributed by atoms with Crippen LogP contribution >= 0.6 is 0 Å². The monoisotopic (exact) mass is 280 g/mol. The van der Waals surface area contributed by atoms with Gasteiger partial charge in [0.1, 0.15) is 0 Å². The van der Waals surface area contributed by atoms with Crippen LogP contribution in [0.4, 0.5) is 0 Å². The largest absolute Gasteiger partial charge is 0.493 e. The van der Waals surface area contributed by atoms with Crippen molar-refractivity contribution >= 4 is 0 Å². The maximum absolute atomic E-state index is 6.03. The smallest absolute Gasteiger partial charge is 0.165 e. The van der Waals surface area contributed by atoms with Gasteiger partial charge in [0.25, 0.3) is 0 Å². The molecule has 4 nitrogen and oxygen atoms in total. The van der Waals surface area contributed by atoms with Crippen molar-refractivity contribution < 1.29 is 9.47 Å². The number of benzene rings is 1. The van der Waals surface area contributed by atoms with Gasteiger partial charge in [0.05, 0.1) is 20.3 Å². The molecule has 1 atom stereocenters. The minimum atomic E-state index is 0.146. The standard InChI is InChI=1S/C16H28N2O2/c1-6-18(11-12(2)3)14(10-17)13-8-7-9-15(19-4)16(13)20-5/h7-9,12,14H,6,10-11,17H2,1-5H3. The van der Waals surface area contributed by atoms with Gasteiger partial charge in [-0.3, -0.25) is 4.90 Å². The van der Waals surface area contributed by atoms with Crippen LogP contribution in [0.2, 0.25) is 0 Å². The highest BCUT2D eigenvalue weighted by molar-refractivity contribution is 5.48. The Hall–Kier alpha value is -1.26. The van der Waals surface area contributed by atoms with Crippen molar-refractivity contribution in [2.75, 3.05) is 33.9 Å². The van der Waals surface area contributed by atoms with Crippen molar-refractivity contribution in [1.82, 2.24) is 4.90 Å². The Morgan fingerprint density at radius 3 is 2.35 bits per heavy atom. The highest BCUT2D eigenvalue weighted by Crippen LogP contribution is 2.36. The minimum Gasteiger partial charge on any atom is -0.493 e. The van der Waals surface area contributed by atoms with Crippen LogP contribution in [0.15, 0.2) is 18.2 Å². The van der Waals surface area contributed by atoms with E-state index in [1.54, 1.807) is 14.2 Å². The van der Waals surface area contributed by atoms with Crippen molar-refractivity contribution in [2.45, 2.75) is 26.8 Å². The van der Waals surface area contributed by atoms with Crippen LogP contribution in [0, 0.1) is 5.92 Å². The van der Waals surface area contributed by atoms with E-state index in [4.69, 9.17) is 15.2 Å². The molecule has 0 aliphatic rings. The SMILES string of the molecule is CCN(CC(C)C)C(CN)c1cccc(OC)c1OC. The van der Waals surface area contributed by atoms with E-state index >= 15 is 0 Å². The number of likely N-dealkylation sites (N-methyl/N-ethyl adjacent to an activating group) is 1. The molecule has 0 bridgehead atoms. The molecular weight excluding hydrogens is 252 g/mol. The number of ether oxygens (including phenoxy) is 2.